The van der Waals surface area contributed by atoms with Crippen LogP contribution in [-0.2, 0) is 4.79 Å². The number of hydrogen-bond donors (Lipinski definition) is 1. The molecule has 0 atom stereocenters. The van der Waals surface area contributed by atoms with E-state index in [1.807, 2.05) is 14.1 Å². The molecule has 2 amide bonds. The van der Waals surface area contributed by atoms with Gasteiger partial charge in [-0.15, -0.1) is 0 Å². The molecule has 0 radical (unpaired) electrons. The normalized spacial score (nSPS) is 16.3. The van der Waals surface area contributed by atoms with E-state index in [1.54, 1.807) is 17.9 Å². The summed E-state index contributed by atoms with van der Waals surface area (Å²) in [7, 11) is 4.07. The minimum atomic E-state index is -0.147. The molecule has 2 heterocycles. The molecule has 0 aromatic carbocycles. The molecule has 0 spiro atoms. The summed E-state index contributed by atoms with van der Waals surface area (Å²) in [4.78, 5) is 28.6. The maximum absolute atomic E-state index is 12.4. The van der Waals surface area contributed by atoms with Gasteiger partial charge in [-0.2, -0.15) is 0 Å². The Morgan fingerprint density at radius 2 is 2.00 bits per heavy atom. The second-order valence-corrected chi connectivity index (χ2v) is 8.02. The third-order valence-corrected chi connectivity index (χ3v) is 4.48. The standard InChI is InChI=1S/C18H30N4O3/c1-13-10-15(25-20-13)17(24)22-8-6-14(7-9-22)16(23)19-11-18(2,3)12-21(4)5/h10,14H,6-9,11-12H2,1-5H3,(H,19,23). The summed E-state index contributed by atoms with van der Waals surface area (Å²) in [5.41, 5.74) is 0.720. The zero-order chi connectivity index (χ0) is 18.6. The van der Waals surface area contributed by atoms with Gasteiger partial charge in [-0.1, -0.05) is 19.0 Å². The third-order valence-electron chi connectivity index (χ3n) is 4.48. The molecule has 1 fully saturated rings. The Balaban J connectivity index is 1.79. The molecule has 1 aliphatic rings. The molecule has 1 aliphatic heterocycles. The van der Waals surface area contributed by atoms with E-state index in [2.05, 4.69) is 29.2 Å². The monoisotopic (exact) mass is 350 g/mol. The minimum Gasteiger partial charge on any atom is -0.355 e. The van der Waals surface area contributed by atoms with Gasteiger partial charge in [-0.25, -0.2) is 0 Å². The van der Waals surface area contributed by atoms with Gasteiger partial charge >= 0.3 is 0 Å². The smallest absolute Gasteiger partial charge is 0.292 e. The van der Waals surface area contributed by atoms with Crippen LogP contribution in [-0.4, -0.2) is 67.0 Å². The molecule has 25 heavy (non-hydrogen) atoms. The summed E-state index contributed by atoms with van der Waals surface area (Å²) in [5, 5.41) is 6.83. The highest BCUT2D eigenvalue weighted by Crippen LogP contribution is 2.21. The van der Waals surface area contributed by atoms with Crippen LogP contribution in [0.1, 0.15) is 42.9 Å². The number of aromatic nitrogens is 1. The molecule has 7 nitrogen and oxygen atoms in total. The number of aryl methyl sites for hydroxylation is 1. The molecule has 2 rings (SSSR count). The van der Waals surface area contributed by atoms with Gasteiger partial charge < -0.3 is 19.6 Å². The van der Waals surface area contributed by atoms with Crippen molar-refractivity contribution in [2.24, 2.45) is 11.3 Å². The van der Waals surface area contributed by atoms with Crippen molar-refractivity contribution in [1.29, 1.82) is 0 Å². The lowest BCUT2D eigenvalue weighted by atomic mass is 9.91. The largest absolute Gasteiger partial charge is 0.355 e. The number of nitrogens with one attached hydrogen (secondary N) is 1. The van der Waals surface area contributed by atoms with Crippen LogP contribution >= 0.6 is 0 Å². The fraction of sp³-hybridized carbons (Fsp3) is 0.722. The maximum atomic E-state index is 12.4. The van der Waals surface area contributed by atoms with Gasteiger partial charge in [0.25, 0.3) is 5.91 Å². The number of carbonyl (C=O) groups excluding carboxylic acids is 2. The van der Waals surface area contributed by atoms with Crippen LogP contribution in [0.3, 0.4) is 0 Å². The van der Waals surface area contributed by atoms with Crippen molar-refractivity contribution in [3.63, 3.8) is 0 Å². The van der Waals surface area contributed by atoms with Crippen LogP contribution in [0, 0.1) is 18.3 Å². The fourth-order valence-corrected chi connectivity index (χ4v) is 3.35. The van der Waals surface area contributed by atoms with Crippen molar-refractivity contribution in [3.8, 4) is 0 Å². The Labute approximate surface area is 149 Å². The second-order valence-electron chi connectivity index (χ2n) is 8.02. The highest BCUT2D eigenvalue weighted by molar-refractivity contribution is 5.91. The van der Waals surface area contributed by atoms with Gasteiger partial charge in [0, 0.05) is 38.2 Å². The van der Waals surface area contributed by atoms with E-state index < -0.39 is 0 Å². The lowest BCUT2D eigenvalue weighted by Gasteiger charge is -2.32. The first-order valence-electron chi connectivity index (χ1n) is 8.83. The predicted molar refractivity (Wildman–Crippen MR) is 95.2 cm³/mol. The van der Waals surface area contributed by atoms with Gasteiger partial charge in [-0.3, -0.25) is 9.59 Å². The van der Waals surface area contributed by atoms with E-state index in [-0.39, 0.29) is 28.9 Å². The molecule has 0 aliphatic carbocycles. The maximum Gasteiger partial charge on any atom is 0.292 e. The van der Waals surface area contributed by atoms with Crippen LogP contribution in [0.2, 0.25) is 0 Å². The summed E-state index contributed by atoms with van der Waals surface area (Å²) in [5.74, 6) is 0.183. The van der Waals surface area contributed by atoms with Crippen LogP contribution in [0.5, 0.6) is 0 Å². The van der Waals surface area contributed by atoms with Crippen molar-refractivity contribution in [2.75, 3.05) is 40.3 Å². The van der Waals surface area contributed by atoms with Crippen LogP contribution in [0.15, 0.2) is 10.6 Å². The lowest BCUT2D eigenvalue weighted by Crippen LogP contribution is -2.46. The zero-order valence-electron chi connectivity index (χ0n) is 16.0. The average Bonchev–Trinajstić information content (AvgIpc) is 2.97. The molecular formula is C18H30N4O3. The molecule has 0 bridgehead atoms. The van der Waals surface area contributed by atoms with Gasteiger partial charge in [0.05, 0.1) is 5.69 Å². The summed E-state index contributed by atoms with van der Waals surface area (Å²) >= 11 is 0. The molecule has 1 aromatic rings. The number of nitrogens with zero attached hydrogens (tertiary/aromatic N) is 3. The first kappa shape index (κ1) is 19.4. The number of hydrogen-bond acceptors (Lipinski definition) is 5. The number of amides is 2. The summed E-state index contributed by atoms with van der Waals surface area (Å²) in [6.45, 7) is 8.78. The highest BCUT2D eigenvalue weighted by Gasteiger charge is 2.30. The summed E-state index contributed by atoms with van der Waals surface area (Å²) in [6, 6.07) is 1.65. The lowest BCUT2D eigenvalue weighted by molar-refractivity contribution is -0.126. The van der Waals surface area contributed by atoms with Crippen LogP contribution in [0.4, 0.5) is 0 Å². The van der Waals surface area contributed by atoms with Crippen molar-refractivity contribution < 1.29 is 14.1 Å². The SMILES string of the molecule is Cc1cc(C(=O)N2CCC(C(=O)NCC(C)(C)CN(C)C)CC2)on1. The molecule has 0 unspecified atom stereocenters. The highest BCUT2D eigenvalue weighted by atomic mass is 16.5. The Bertz CT molecular complexity index is 601. The summed E-state index contributed by atoms with van der Waals surface area (Å²) < 4.78 is 5.04. The quantitative estimate of drug-likeness (QED) is 0.842. The average molecular weight is 350 g/mol. The Hall–Kier alpha value is -1.89. The summed E-state index contributed by atoms with van der Waals surface area (Å²) in [6.07, 6.45) is 1.36. The van der Waals surface area contributed by atoms with Crippen LogP contribution in [0.25, 0.3) is 0 Å². The zero-order valence-corrected chi connectivity index (χ0v) is 16.0. The van der Waals surface area contributed by atoms with E-state index in [1.165, 1.54) is 0 Å². The molecule has 1 saturated heterocycles. The Morgan fingerprint density at radius 3 is 2.52 bits per heavy atom. The van der Waals surface area contributed by atoms with E-state index >= 15 is 0 Å². The van der Waals surface area contributed by atoms with Gasteiger partial charge in [0.15, 0.2) is 0 Å². The van der Waals surface area contributed by atoms with Gasteiger partial charge in [0.1, 0.15) is 0 Å². The van der Waals surface area contributed by atoms with Crippen LogP contribution < -0.4 is 5.32 Å². The fourth-order valence-electron chi connectivity index (χ4n) is 3.35. The molecular weight excluding hydrogens is 320 g/mol. The van der Waals surface area contributed by atoms with Gasteiger partial charge in [0.2, 0.25) is 11.7 Å². The molecule has 0 saturated carbocycles. The van der Waals surface area contributed by atoms with Crippen molar-refractivity contribution in [2.45, 2.75) is 33.6 Å². The molecule has 140 valence electrons. The van der Waals surface area contributed by atoms with Gasteiger partial charge in [-0.05, 0) is 39.3 Å². The third kappa shape index (κ3) is 5.56. The second kappa shape index (κ2) is 7.99. The van der Waals surface area contributed by atoms with E-state index in [0.29, 0.717) is 38.2 Å². The van der Waals surface area contributed by atoms with E-state index in [0.717, 1.165) is 6.54 Å². The first-order valence-corrected chi connectivity index (χ1v) is 8.83. The number of piperidine rings is 1. The Morgan fingerprint density at radius 1 is 1.36 bits per heavy atom. The van der Waals surface area contributed by atoms with Crippen molar-refractivity contribution in [1.82, 2.24) is 20.3 Å². The first-order chi connectivity index (χ1) is 11.7. The molecule has 1 N–H and O–H groups in total. The minimum absolute atomic E-state index is 0.0278. The topological polar surface area (TPSA) is 78.7 Å². The van der Waals surface area contributed by atoms with Crippen molar-refractivity contribution >= 4 is 11.8 Å². The molecule has 1 aromatic heterocycles. The van der Waals surface area contributed by atoms with E-state index in [4.69, 9.17) is 4.52 Å². The van der Waals surface area contributed by atoms with Crippen molar-refractivity contribution in [3.05, 3.63) is 17.5 Å². The molecule has 7 heteroatoms. The Kier molecular flexibility index (Phi) is 6.21. The number of likely N-dealkylation sites (tertiary alicyclic amines) is 1. The number of rotatable bonds is 6. The predicted octanol–water partition coefficient (Wildman–Crippen LogP) is 1.54. The number of carbonyl (C=O) groups is 2. The van der Waals surface area contributed by atoms with E-state index in [9.17, 15) is 9.59 Å².